The Kier molecular flexibility index (Phi) is 16.3. The third-order valence-electron chi connectivity index (χ3n) is 16.7. The minimum Gasteiger partial charge on any atom is -0.493 e. The van der Waals surface area contributed by atoms with Crippen LogP contribution in [0.25, 0.3) is 38.4 Å². The first-order valence-corrected chi connectivity index (χ1v) is 29.2. The number of aliphatic hydroxyl groups is 2. The molecule has 0 bridgehead atoms. The molecule has 9 rings (SSSR count). The predicted molar refractivity (Wildman–Crippen MR) is 336 cm³/mol. The second kappa shape index (κ2) is 22.8. The van der Waals surface area contributed by atoms with Crippen molar-refractivity contribution < 1.29 is 39.5 Å². The number of carbonyl (C=O) groups is 2. The van der Waals surface area contributed by atoms with Crippen molar-refractivity contribution in [3.05, 3.63) is 170 Å². The van der Waals surface area contributed by atoms with Crippen LogP contribution in [0.1, 0.15) is 226 Å². The minimum absolute atomic E-state index is 0.0128. The van der Waals surface area contributed by atoms with Crippen molar-refractivity contribution in [2.24, 2.45) is 9.98 Å². The van der Waals surface area contributed by atoms with Crippen LogP contribution in [0.4, 0.5) is 11.4 Å². The third-order valence-corrected chi connectivity index (χ3v) is 16.7. The van der Waals surface area contributed by atoms with Gasteiger partial charge in [0.2, 0.25) is 11.8 Å². The molecule has 10 heteroatoms. The number of carboxylic acid groups (broad SMARTS) is 2. The average molecular weight is 1100 g/mol. The summed E-state index contributed by atoms with van der Waals surface area (Å²) in [6, 6.07) is 33.2. The molecule has 0 saturated carbocycles. The lowest BCUT2D eigenvalue weighted by Crippen LogP contribution is -2.46. The van der Waals surface area contributed by atoms with E-state index in [9.17, 15) is 30.0 Å². The van der Waals surface area contributed by atoms with Crippen LogP contribution in [0.2, 0.25) is 0 Å². The number of rotatable bonds is 18. The van der Waals surface area contributed by atoms with Crippen molar-refractivity contribution in [3.63, 3.8) is 0 Å². The second-order valence-corrected chi connectivity index (χ2v) is 24.8. The largest absolute Gasteiger partial charge is 0.493 e. The normalized spacial score (nSPS) is 13.9. The van der Waals surface area contributed by atoms with Crippen molar-refractivity contribution in [1.29, 1.82) is 0 Å². The molecule has 0 spiro atoms. The van der Waals surface area contributed by atoms with E-state index >= 15 is 0 Å². The van der Waals surface area contributed by atoms with Gasteiger partial charge in [-0.2, -0.15) is 0 Å². The highest BCUT2D eigenvalue weighted by Crippen LogP contribution is 2.51. The smallest absolute Gasteiger partial charge is 0.325 e. The van der Waals surface area contributed by atoms with Gasteiger partial charge in [0, 0.05) is 32.7 Å². The fourth-order valence-electron chi connectivity index (χ4n) is 12.3. The number of ether oxygens (including phenoxy) is 2. The Bertz CT molecular complexity index is 3850. The molecular weight excluding hydrogens is 1020 g/mol. The highest BCUT2D eigenvalue weighted by Gasteiger charge is 2.50. The molecule has 10 nitrogen and oxygen atoms in total. The predicted octanol–water partition coefficient (Wildman–Crippen LogP) is 19.3. The molecular formula is C72H80N2O8. The monoisotopic (exact) mass is 1100 g/mol. The number of aliphatic imine (C=N–C) groups is 2. The maximum absolute atomic E-state index is 13.8. The Balaban J connectivity index is 1.59. The zero-order valence-electron chi connectivity index (χ0n) is 50.5. The number of hydrogen-bond donors (Lipinski definition) is 4. The number of aliphatic hydroxyl groups excluding tert-OH is 2. The molecule has 0 amide bonds. The first-order chi connectivity index (χ1) is 38.8. The van der Waals surface area contributed by atoms with E-state index in [-0.39, 0.29) is 70.3 Å². The van der Waals surface area contributed by atoms with Gasteiger partial charge in [0.25, 0.3) is 0 Å². The van der Waals surface area contributed by atoms with Crippen molar-refractivity contribution >= 4 is 73.5 Å². The molecule has 0 aliphatic heterocycles. The number of fused-ring (bicyclic) bond motifs is 2. The van der Waals surface area contributed by atoms with E-state index in [0.717, 1.165) is 44.5 Å². The highest BCUT2D eigenvalue weighted by molar-refractivity contribution is 6.32. The number of carboxylic acids is 2. The summed E-state index contributed by atoms with van der Waals surface area (Å²) in [5.74, 6) is -1.40. The number of hydrogen-bond acceptors (Lipinski definition) is 6. The Labute approximate surface area is 483 Å². The maximum atomic E-state index is 13.8. The van der Waals surface area contributed by atoms with E-state index in [2.05, 4.69) is 123 Å². The zero-order chi connectivity index (χ0) is 59.5. The zero-order valence-corrected chi connectivity index (χ0v) is 50.5. The molecule has 0 aromatic heterocycles. The van der Waals surface area contributed by atoms with Crippen molar-refractivity contribution in [1.82, 2.24) is 0 Å². The maximum Gasteiger partial charge on any atom is 0.325 e. The van der Waals surface area contributed by atoms with Crippen molar-refractivity contribution in [2.75, 3.05) is 0 Å². The van der Waals surface area contributed by atoms with Gasteiger partial charge in [-0.05, 0) is 138 Å². The van der Waals surface area contributed by atoms with Gasteiger partial charge >= 0.3 is 11.9 Å². The van der Waals surface area contributed by atoms with E-state index < -0.39 is 23.8 Å². The van der Waals surface area contributed by atoms with Gasteiger partial charge in [0.05, 0.1) is 11.4 Å². The average Bonchev–Trinajstić information content (AvgIpc) is 0.808. The first kappa shape index (κ1) is 58.7. The van der Waals surface area contributed by atoms with Crippen LogP contribution in [-0.4, -0.2) is 44.2 Å². The molecule has 0 fully saturated rings. The molecule has 4 N–H and O–H groups in total. The molecule has 0 radical (unpaired) electrons. The number of para-hydroxylation sites is 4. The summed E-state index contributed by atoms with van der Waals surface area (Å²) in [5, 5.41) is 52.2. The van der Waals surface area contributed by atoms with Gasteiger partial charge in [0.15, 0.2) is 5.41 Å². The van der Waals surface area contributed by atoms with Gasteiger partial charge in [0.1, 0.15) is 23.0 Å². The third kappa shape index (κ3) is 10.1. The summed E-state index contributed by atoms with van der Waals surface area (Å²) in [6.45, 7) is 33.7. The van der Waals surface area contributed by atoms with Crippen molar-refractivity contribution in [2.45, 2.75) is 170 Å². The summed E-state index contributed by atoms with van der Waals surface area (Å²) < 4.78 is 14.9. The Morgan fingerprint density at radius 1 is 0.415 bits per heavy atom. The molecule has 0 atom stereocenters. The first-order valence-electron chi connectivity index (χ1n) is 29.2. The van der Waals surface area contributed by atoms with E-state index in [1.165, 1.54) is 0 Å². The highest BCUT2D eigenvalue weighted by atomic mass is 16.5. The van der Waals surface area contributed by atoms with Crippen LogP contribution in [0, 0.1) is 0 Å². The standard InChI is InChI=1S/C72H80N2O8/c1-36(2)44-21-17-22-45(37(3)4)64(44)73-68(75)54-30-29-52-61-57(81-66-48(40(9)10)25-19-26-49(66)41(11)12)32-31-56-60(61)53(33-34-72(56,70(77)78)71(79)80)62-58(82-67-50(42(13)14)27-20-28-51(67)43(15)16)35-55(59(54)63(52)62)69(76)74-65-46(38(5)6)23-18-24-47(65)39(7)8/h17-33,35-43H,34H2,1-16H3,(H,73,75)(H,74,76)(H,77,78)(H,79,80). The topological polar surface area (TPSA) is 158 Å². The Morgan fingerprint density at radius 3 is 1.18 bits per heavy atom. The molecule has 0 heterocycles. The molecule has 8 aromatic rings. The van der Waals surface area contributed by atoms with Gasteiger partial charge in [-0.3, -0.25) is 9.59 Å². The molecule has 8 aromatic carbocycles. The van der Waals surface area contributed by atoms with Crippen LogP contribution >= 0.6 is 0 Å². The Hall–Kier alpha value is -7.98. The van der Waals surface area contributed by atoms with E-state index in [4.69, 9.17) is 19.5 Å². The second-order valence-electron chi connectivity index (χ2n) is 24.8. The lowest BCUT2D eigenvalue weighted by Gasteiger charge is -2.31. The summed E-state index contributed by atoms with van der Waals surface area (Å²) in [6.07, 6.45) is 1.30. The quantitative estimate of drug-likeness (QED) is 0.0217. The lowest BCUT2D eigenvalue weighted by molar-refractivity contribution is -0.157. The number of nitrogens with zero attached hydrogens (tertiary/aromatic N) is 2. The van der Waals surface area contributed by atoms with Gasteiger partial charge < -0.3 is 29.9 Å². The van der Waals surface area contributed by atoms with Crippen LogP contribution in [0.5, 0.6) is 23.0 Å². The van der Waals surface area contributed by atoms with E-state index in [1.807, 2.05) is 66.7 Å². The molecule has 0 saturated heterocycles. The van der Waals surface area contributed by atoms with Crippen LogP contribution < -0.4 is 14.7 Å². The van der Waals surface area contributed by atoms with Gasteiger partial charge in [-0.1, -0.05) is 202 Å². The molecule has 1 aliphatic carbocycles. The van der Waals surface area contributed by atoms with E-state index in [1.54, 1.807) is 30.3 Å². The van der Waals surface area contributed by atoms with Crippen LogP contribution in [-0.2, 0) is 15.0 Å². The molecule has 82 heavy (non-hydrogen) atoms. The summed E-state index contributed by atoms with van der Waals surface area (Å²) in [5.41, 5.74) is 7.13. The fraction of sp³-hybridized carbons (Fsp3) is 0.361. The summed E-state index contributed by atoms with van der Waals surface area (Å²) in [7, 11) is 0. The lowest BCUT2D eigenvalue weighted by atomic mass is 9.71. The van der Waals surface area contributed by atoms with Crippen LogP contribution in [0.3, 0.4) is 0 Å². The number of aliphatic carboxylic acids is 2. The fourth-order valence-corrected chi connectivity index (χ4v) is 12.3. The summed E-state index contributed by atoms with van der Waals surface area (Å²) in [4.78, 5) is 38.1. The Morgan fingerprint density at radius 2 is 0.793 bits per heavy atom. The molecule has 0 unspecified atom stereocenters. The van der Waals surface area contributed by atoms with E-state index in [0.29, 0.717) is 77.5 Å². The van der Waals surface area contributed by atoms with Crippen LogP contribution in [0.15, 0.2) is 113 Å². The minimum atomic E-state index is -2.39. The number of benzene rings is 8. The SMILES string of the molecule is CC(C)c1cccc(C(C)C)c1N=C(O)c1ccc2c3c(Oc4c(C(C)C)cccc4C(C)C)ccc4c3c(c3c(Oc5c(C(C)C)cccc5C(C)C)cc(C(O)=Nc5c(C(C)C)cccc5C(C)C)c1c32)=CCC4(C(=O)O)C(=O)O. The van der Waals surface area contributed by atoms with Gasteiger partial charge in [-0.15, -0.1) is 0 Å². The molecule has 426 valence electrons. The van der Waals surface area contributed by atoms with Crippen molar-refractivity contribution in [3.8, 4) is 23.0 Å². The molecule has 1 aliphatic rings. The summed E-state index contributed by atoms with van der Waals surface area (Å²) >= 11 is 0. The van der Waals surface area contributed by atoms with Gasteiger partial charge in [-0.25, -0.2) is 9.98 Å².